The Morgan fingerprint density at radius 1 is 1.10 bits per heavy atom. The average molecular weight is 436 g/mol. The van der Waals surface area contributed by atoms with E-state index in [1.54, 1.807) is 48.5 Å². The van der Waals surface area contributed by atoms with E-state index < -0.39 is 0 Å². The number of pyridine rings is 1. The normalized spacial score (nSPS) is 12.5. The van der Waals surface area contributed by atoms with Gasteiger partial charge in [0.05, 0.1) is 31.2 Å². The lowest BCUT2D eigenvalue weighted by molar-refractivity contribution is -0.116. The molecule has 2 aromatic carbocycles. The van der Waals surface area contributed by atoms with E-state index in [-0.39, 0.29) is 24.8 Å². The smallest absolute Gasteiger partial charge is 0.261 e. The Balaban J connectivity index is 1.54. The first kappa shape index (κ1) is 20.7. The second kappa shape index (κ2) is 9.09. The predicted octanol–water partition coefficient (Wildman–Crippen LogP) is 4.24. The molecule has 1 aliphatic rings. The Labute approximate surface area is 184 Å². The Morgan fingerprint density at radius 2 is 1.94 bits per heavy atom. The molecule has 0 aliphatic carbocycles. The summed E-state index contributed by atoms with van der Waals surface area (Å²) < 4.78 is 10.5. The van der Waals surface area contributed by atoms with E-state index in [0.29, 0.717) is 27.8 Å². The quantitative estimate of drug-likeness (QED) is 0.624. The fourth-order valence-corrected chi connectivity index (χ4v) is 4.33. The molecule has 2 heterocycles. The molecule has 7 nitrogen and oxygen atoms in total. The predicted molar refractivity (Wildman–Crippen MR) is 119 cm³/mol. The summed E-state index contributed by atoms with van der Waals surface area (Å²) in [5.74, 6) is 0.735. The van der Waals surface area contributed by atoms with Crippen LogP contribution in [0.2, 0.25) is 0 Å². The van der Waals surface area contributed by atoms with E-state index in [1.165, 1.54) is 18.9 Å². The standard InChI is InChI=1S/C23H21N3O4S/c1-29-15-9-10-17(19(14-15)30-2)25-21(27)11-13-26-18-7-3-4-8-20(18)31-22-16(23(26)28)6-5-12-24-22/h3-10,12,14H,11,13H2,1-2H3,(H,25,27). The van der Waals surface area contributed by atoms with Crippen LogP contribution < -0.4 is 19.7 Å². The van der Waals surface area contributed by atoms with Crippen molar-refractivity contribution in [2.24, 2.45) is 0 Å². The van der Waals surface area contributed by atoms with Crippen molar-refractivity contribution in [1.82, 2.24) is 4.98 Å². The molecule has 0 radical (unpaired) electrons. The highest BCUT2D eigenvalue weighted by Crippen LogP contribution is 2.40. The van der Waals surface area contributed by atoms with Gasteiger partial charge in [-0.25, -0.2) is 4.98 Å². The molecule has 0 saturated carbocycles. The zero-order valence-corrected chi connectivity index (χ0v) is 17.9. The van der Waals surface area contributed by atoms with Gasteiger partial charge in [-0.1, -0.05) is 23.9 Å². The van der Waals surface area contributed by atoms with Crippen LogP contribution in [-0.2, 0) is 4.79 Å². The summed E-state index contributed by atoms with van der Waals surface area (Å²) >= 11 is 1.45. The van der Waals surface area contributed by atoms with Crippen molar-refractivity contribution in [3.05, 3.63) is 66.4 Å². The Hall–Kier alpha value is -3.52. The van der Waals surface area contributed by atoms with Crippen LogP contribution in [0.5, 0.6) is 11.5 Å². The molecular formula is C23H21N3O4S. The zero-order valence-electron chi connectivity index (χ0n) is 17.1. The lowest BCUT2D eigenvalue weighted by Crippen LogP contribution is -2.34. The molecule has 2 amide bonds. The second-order valence-electron chi connectivity index (χ2n) is 6.75. The van der Waals surface area contributed by atoms with Gasteiger partial charge in [-0.05, 0) is 36.4 Å². The molecule has 1 N–H and O–H groups in total. The van der Waals surface area contributed by atoms with Crippen LogP contribution in [0.4, 0.5) is 11.4 Å². The summed E-state index contributed by atoms with van der Waals surface area (Å²) in [5, 5.41) is 3.51. The topological polar surface area (TPSA) is 80.8 Å². The van der Waals surface area contributed by atoms with Gasteiger partial charge in [-0.3, -0.25) is 9.59 Å². The van der Waals surface area contributed by atoms with Crippen molar-refractivity contribution in [1.29, 1.82) is 0 Å². The minimum absolute atomic E-state index is 0.121. The van der Waals surface area contributed by atoms with Crippen LogP contribution in [-0.4, -0.2) is 37.6 Å². The molecule has 0 spiro atoms. The fraction of sp³-hybridized carbons (Fsp3) is 0.174. The summed E-state index contributed by atoms with van der Waals surface area (Å²) in [7, 11) is 3.09. The van der Waals surface area contributed by atoms with Gasteiger partial charge in [0.1, 0.15) is 16.5 Å². The van der Waals surface area contributed by atoms with Gasteiger partial charge in [0, 0.05) is 30.1 Å². The molecule has 1 aliphatic heterocycles. The molecule has 0 unspecified atom stereocenters. The van der Waals surface area contributed by atoms with Crippen molar-refractivity contribution in [2.75, 3.05) is 31.0 Å². The molecule has 3 aromatic rings. The van der Waals surface area contributed by atoms with Gasteiger partial charge in [0.2, 0.25) is 5.91 Å². The number of ether oxygens (including phenoxy) is 2. The average Bonchev–Trinajstić information content (AvgIpc) is 2.92. The molecule has 31 heavy (non-hydrogen) atoms. The third kappa shape index (κ3) is 4.34. The number of amides is 2. The number of aromatic nitrogens is 1. The summed E-state index contributed by atoms with van der Waals surface area (Å²) in [6, 6.07) is 16.3. The molecule has 0 saturated heterocycles. The molecule has 0 fully saturated rings. The minimum Gasteiger partial charge on any atom is -0.497 e. The number of methoxy groups -OCH3 is 2. The van der Waals surface area contributed by atoms with Gasteiger partial charge in [0.15, 0.2) is 0 Å². The van der Waals surface area contributed by atoms with E-state index in [2.05, 4.69) is 10.3 Å². The largest absolute Gasteiger partial charge is 0.497 e. The summed E-state index contributed by atoms with van der Waals surface area (Å²) in [5.41, 5.74) is 1.84. The van der Waals surface area contributed by atoms with E-state index in [9.17, 15) is 9.59 Å². The highest BCUT2D eigenvalue weighted by Gasteiger charge is 2.28. The Kier molecular flexibility index (Phi) is 6.08. The Bertz CT molecular complexity index is 1140. The van der Waals surface area contributed by atoms with Gasteiger partial charge in [-0.2, -0.15) is 0 Å². The van der Waals surface area contributed by atoms with Crippen LogP contribution in [0.25, 0.3) is 0 Å². The number of hydrogen-bond acceptors (Lipinski definition) is 6. The van der Waals surface area contributed by atoms with Crippen LogP contribution in [0, 0.1) is 0 Å². The number of rotatable bonds is 6. The van der Waals surface area contributed by atoms with Crippen LogP contribution >= 0.6 is 11.8 Å². The summed E-state index contributed by atoms with van der Waals surface area (Å²) in [6.07, 6.45) is 1.79. The molecule has 4 rings (SSSR count). The fourth-order valence-electron chi connectivity index (χ4n) is 3.31. The maximum Gasteiger partial charge on any atom is 0.261 e. The van der Waals surface area contributed by atoms with Gasteiger partial charge >= 0.3 is 0 Å². The number of anilines is 2. The lowest BCUT2D eigenvalue weighted by atomic mass is 10.2. The van der Waals surface area contributed by atoms with Crippen molar-refractivity contribution in [3.63, 3.8) is 0 Å². The third-order valence-corrected chi connectivity index (χ3v) is 5.94. The number of carbonyl (C=O) groups is 2. The molecule has 158 valence electrons. The molecule has 1 aromatic heterocycles. The number of nitrogens with one attached hydrogen (secondary N) is 1. The second-order valence-corrected chi connectivity index (χ2v) is 7.78. The number of hydrogen-bond donors (Lipinski definition) is 1. The van der Waals surface area contributed by atoms with Crippen molar-refractivity contribution in [2.45, 2.75) is 16.3 Å². The van der Waals surface area contributed by atoms with Crippen LogP contribution in [0.1, 0.15) is 16.8 Å². The van der Waals surface area contributed by atoms with Crippen LogP contribution in [0.15, 0.2) is 70.7 Å². The zero-order chi connectivity index (χ0) is 21.8. The number of benzene rings is 2. The van der Waals surface area contributed by atoms with E-state index in [0.717, 1.165) is 10.6 Å². The highest BCUT2D eigenvalue weighted by molar-refractivity contribution is 7.99. The van der Waals surface area contributed by atoms with Gasteiger partial charge < -0.3 is 19.7 Å². The molecular weight excluding hydrogens is 414 g/mol. The third-order valence-electron chi connectivity index (χ3n) is 4.85. The monoisotopic (exact) mass is 435 g/mol. The first-order valence-electron chi connectivity index (χ1n) is 9.66. The molecule has 8 heteroatoms. The van der Waals surface area contributed by atoms with Crippen molar-refractivity contribution < 1.29 is 19.1 Å². The van der Waals surface area contributed by atoms with E-state index >= 15 is 0 Å². The maximum atomic E-state index is 13.2. The highest BCUT2D eigenvalue weighted by atomic mass is 32.2. The van der Waals surface area contributed by atoms with Crippen LogP contribution in [0.3, 0.4) is 0 Å². The number of carbonyl (C=O) groups excluding carboxylic acids is 2. The van der Waals surface area contributed by atoms with E-state index in [4.69, 9.17) is 9.47 Å². The van der Waals surface area contributed by atoms with Gasteiger partial charge in [0.25, 0.3) is 5.91 Å². The number of para-hydroxylation sites is 1. The van der Waals surface area contributed by atoms with E-state index in [1.807, 2.05) is 24.3 Å². The molecule has 0 atom stereocenters. The summed E-state index contributed by atoms with van der Waals surface area (Å²) in [6.45, 7) is 0.231. The lowest BCUT2D eigenvalue weighted by Gasteiger charge is -2.22. The molecule has 0 bridgehead atoms. The number of fused-ring (bicyclic) bond motifs is 2. The first-order valence-corrected chi connectivity index (χ1v) is 10.5. The first-order chi connectivity index (χ1) is 15.1. The Morgan fingerprint density at radius 3 is 2.74 bits per heavy atom. The van der Waals surface area contributed by atoms with Crippen molar-refractivity contribution in [3.8, 4) is 11.5 Å². The maximum absolute atomic E-state index is 13.2. The minimum atomic E-state index is -0.225. The number of nitrogens with zero attached hydrogens (tertiary/aromatic N) is 2. The SMILES string of the molecule is COc1ccc(NC(=O)CCN2C(=O)c3cccnc3Sc3ccccc32)c(OC)c1. The summed E-state index contributed by atoms with van der Waals surface area (Å²) in [4.78, 5) is 32.8. The van der Waals surface area contributed by atoms with Gasteiger partial charge in [-0.15, -0.1) is 0 Å². The van der Waals surface area contributed by atoms with Crippen molar-refractivity contribution >= 4 is 35.0 Å².